The Morgan fingerprint density at radius 1 is 0.529 bits per heavy atom. The number of rotatable bonds is 2. The number of fused-ring (bicyclic) bond motifs is 10. The summed E-state index contributed by atoms with van der Waals surface area (Å²) in [6.45, 7) is 3.85. The first-order valence-corrected chi connectivity index (χ1v) is 11.8. The fourth-order valence-corrected chi connectivity index (χ4v) is 6.20. The Balaban J connectivity index is 1.49. The lowest BCUT2D eigenvalue weighted by atomic mass is 9.70. The number of benzene rings is 4. The van der Waals surface area contributed by atoms with Crippen molar-refractivity contribution in [3.63, 3.8) is 0 Å². The number of aryl methyl sites for hydroxylation is 2. The van der Waals surface area contributed by atoms with Gasteiger partial charge in [0.15, 0.2) is 0 Å². The molecule has 0 saturated carbocycles. The maximum absolute atomic E-state index is 4.58. The van der Waals surface area contributed by atoms with Crippen LogP contribution in [-0.2, 0) is 11.8 Å². The van der Waals surface area contributed by atoms with E-state index in [2.05, 4.69) is 106 Å². The maximum Gasteiger partial charge on any atom is 0.136 e. The lowest BCUT2D eigenvalue weighted by molar-refractivity contribution is 0.792. The van der Waals surface area contributed by atoms with Gasteiger partial charge in [-0.15, -0.1) is 0 Å². The molecule has 0 saturated heterocycles. The van der Waals surface area contributed by atoms with Crippen LogP contribution in [-0.4, -0.2) is 15.0 Å². The summed E-state index contributed by atoms with van der Waals surface area (Å²) in [5.41, 5.74) is 11.7. The minimum absolute atomic E-state index is 0.280. The lowest BCUT2D eigenvalue weighted by Gasteiger charge is -2.30. The summed E-state index contributed by atoms with van der Waals surface area (Å²) in [6.07, 6.45) is 0.694. The molecule has 1 spiro atoms. The molecule has 0 radical (unpaired) electrons. The zero-order valence-corrected chi connectivity index (χ0v) is 19.2. The predicted molar refractivity (Wildman–Crippen MR) is 135 cm³/mol. The summed E-state index contributed by atoms with van der Waals surface area (Å²) >= 11 is 0. The van der Waals surface area contributed by atoms with Crippen LogP contribution >= 0.6 is 0 Å². The van der Waals surface area contributed by atoms with E-state index in [4.69, 9.17) is 0 Å². The summed E-state index contributed by atoms with van der Waals surface area (Å²) in [4.78, 5) is 13.5. The van der Waals surface area contributed by atoms with Crippen LogP contribution in [0, 0.1) is 13.8 Å². The average Bonchev–Trinajstić information content (AvgIpc) is 3.31. The number of hydrogen-bond donors (Lipinski definition) is 0. The molecular formula is C31H23N3. The third kappa shape index (κ3) is 2.50. The fraction of sp³-hybridized carbons (Fsp3) is 0.129. The van der Waals surface area contributed by atoms with E-state index in [0.29, 0.717) is 6.42 Å². The smallest absolute Gasteiger partial charge is 0.136 e. The van der Waals surface area contributed by atoms with Crippen LogP contribution < -0.4 is 0 Å². The van der Waals surface area contributed by atoms with Gasteiger partial charge in [0.25, 0.3) is 0 Å². The first-order valence-electron chi connectivity index (χ1n) is 11.8. The molecular weight excluding hydrogens is 414 g/mol. The second kappa shape index (κ2) is 6.94. The molecule has 2 aliphatic rings. The van der Waals surface area contributed by atoms with Gasteiger partial charge in [-0.25, -0.2) is 15.0 Å². The van der Waals surface area contributed by atoms with Crippen LogP contribution in [0.15, 0.2) is 91.0 Å². The molecule has 4 aromatic carbocycles. The first-order chi connectivity index (χ1) is 16.7. The molecule has 3 heteroatoms. The molecule has 0 aliphatic heterocycles. The fourth-order valence-electron chi connectivity index (χ4n) is 6.20. The molecule has 7 rings (SSSR count). The van der Waals surface area contributed by atoms with Gasteiger partial charge in [0.05, 0.1) is 5.41 Å². The van der Waals surface area contributed by atoms with Gasteiger partial charge in [0.1, 0.15) is 17.5 Å². The van der Waals surface area contributed by atoms with Gasteiger partial charge in [0.2, 0.25) is 0 Å². The SMILES string of the molecule is Cc1nc(C)nc(Cc2ccc3c(c2)-c2ccccc2C32c3ccccc3-c3ccccc32)n1. The van der Waals surface area contributed by atoms with E-state index in [9.17, 15) is 0 Å². The molecule has 1 heterocycles. The highest BCUT2D eigenvalue weighted by atomic mass is 15.0. The Hall–Kier alpha value is -4.11. The number of aromatic nitrogens is 3. The van der Waals surface area contributed by atoms with E-state index in [-0.39, 0.29) is 5.41 Å². The van der Waals surface area contributed by atoms with E-state index in [1.807, 2.05) is 13.8 Å². The molecule has 0 fully saturated rings. The Bertz CT molecular complexity index is 1550. The second-order valence-electron chi connectivity index (χ2n) is 9.29. The molecule has 0 atom stereocenters. The average molecular weight is 438 g/mol. The van der Waals surface area contributed by atoms with Crippen molar-refractivity contribution in [1.82, 2.24) is 15.0 Å². The topological polar surface area (TPSA) is 38.7 Å². The quantitative estimate of drug-likeness (QED) is 0.313. The van der Waals surface area contributed by atoms with E-state index < -0.39 is 0 Å². The normalized spacial score (nSPS) is 13.9. The van der Waals surface area contributed by atoms with Crippen molar-refractivity contribution >= 4 is 0 Å². The molecule has 162 valence electrons. The van der Waals surface area contributed by atoms with Crippen LogP contribution in [0.2, 0.25) is 0 Å². The zero-order valence-electron chi connectivity index (χ0n) is 19.2. The van der Waals surface area contributed by atoms with E-state index in [1.54, 1.807) is 0 Å². The second-order valence-corrected chi connectivity index (χ2v) is 9.29. The summed E-state index contributed by atoms with van der Waals surface area (Å²) in [6, 6.07) is 33.7. The van der Waals surface area contributed by atoms with E-state index >= 15 is 0 Å². The van der Waals surface area contributed by atoms with Crippen molar-refractivity contribution in [1.29, 1.82) is 0 Å². The summed E-state index contributed by atoms with van der Waals surface area (Å²) in [7, 11) is 0. The third-order valence-corrected chi connectivity index (χ3v) is 7.33. The van der Waals surface area contributed by atoms with E-state index in [1.165, 1.54) is 50.1 Å². The lowest BCUT2D eigenvalue weighted by Crippen LogP contribution is -2.25. The van der Waals surface area contributed by atoms with Crippen LogP contribution in [0.5, 0.6) is 0 Å². The first kappa shape index (κ1) is 19.4. The summed E-state index contributed by atoms with van der Waals surface area (Å²) < 4.78 is 0. The minimum atomic E-state index is -0.280. The van der Waals surface area contributed by atoms with Gasteiger partial charge in [0, 0.05) is 6.42 Å². The molecule has 0 unspecified atom stereocenters. The highest BCUT2D eigenvalue weighted by Crippen LogP contribution is 2.62. The molecule has 34 heavy (non-hydrogen) atoms. The van der Waals surface area contributed by atoms with Crippen LogP contribution in [0.3, 0.4) is 0 Å². The van der Waals surface area contributed by atoms with Gasteiger partial charge < -0.3 is 0 Å². The zero-order chi connectivity index (χ0) is 22.9. The Morgan fingerprint density at radius 2 is 1.00 bits per heavy atom. The molecule has 5 aromatic rings. The highest BCUT2D eigenvalue weighted by Gasteiger charge is 2.51. The number of hydrogen-bond acceptors (Lipinski definition) is 3. The van der Waals surface area contributed by atoms with Gasteiger partial charge >= 0.3 is 0 Å². The number of nitrogens with zero attached hydrogens (tertiary/aromatic N) is 3. The summed E-state index contributed by atoms with van der Waals surface area (Å²) in [5.74, 6) is 2.36. The van der Waals surface area contributed by atoms with E-state index in [0.717, 1.165) is 17.5 Å². The van der Waals surface area contributed by atoms with Crippen molar-refractivity contribution in [3.8, 4) is 22.3 Å². The molecule has 2 aliphatic carbocycles. The maximum atomic E-state index is 4.58. The van der Waals surface area contributed by atoms with Crippen LogP contribution in [0.25, 0.3) is 22.3 Å². The molecule has 3 nitrogen and oxygen atoms in total. The summed E-state index contributed by atoms with van der Waals surface area (Å²) in [5, 5.41) is 0. The standard InChI is InChI=1S/C31H23N3/c1-19-32-20(2)34-30(33-19)18-21-15-16-29-25(17-21)24-11-5-8-14-28(24)31(29)26-12-6-3-9-22(26)23-10-4-7-13-27(23)31/h3-17H,18H2,1-2H3. The van der Waals surface area contributed by atoms with Crippen molar-refractivity contribution in [2.24, 2.45) is 0 Å². The van der Waals surface area contributed by atoms with Crippen LogP contribution in [0.1, 0.15) is 45.3 Å². The van der Waals surface area contributed by atoms with Crippen molar-refractivity contribution < 1.29 is 0 Å². The van der Waals surface area contributed by atoms with Gasteiger partial charge in [-0.05, 0) is 63.9 Å². The minimum Gasteiger partial charge on any atom is -0.219 e. The van der Waals surface area contributed by atoms with Crippen molar-refractivity contribution in [3.05, 3.63) is 136 Å². The largest absolute Gasteiger partial charge is 0.219 e. The van der Waals surface area contributed by atoms with Gasteiger partial charge in [-0.3, -0.25) is 0 Å². The molecule has 0 bridgehead atoms. The molecule has 1 aromatic heterocycles. The monoisotopic (exact) mass is 437 g/mol. The molecule has 0 amide bonds. The Morgan fingerprint density at radius 3 is 1.56 bits per heavy atom. The highest BCUT2D eigenvalue weighted by molar-refractivity contribution is 5.94. The predicted octanol–water partition coefficient (Wildman–Crippen LogP) is 6.42. The molecule has 0 N–H and O–H groups in total. The van der Waals surface area contributed by atoms with Gasteiger partial charge in [-0.2, -0.15) is 0 Å². The Kier molecular flexibility index (Phi) is 3.96. The third-order valence-electron chi connectivity index (χ3n) is 7.33. The van der Waals surface area contributed by atoms with Gasteiger partial charge in [-0.1, -0.05) is 91.0 Å². The van der Waals surface area contributed by atoms with Crippen molar-refractivity contribution in [2.75, 3.05) is 0 Å². The van der Waals surface area contributed by atoms with Crippen LogP contribution in [0.4, 0.5) is 0 Å². The van der Waals surface area contributed by atoms with Crippen molar-refractivity contribution in [2.45, 2.75) is 25.7 Å². The Labute approximate surface area is 199 Å².